The molecule has 0 aliphatic heterocycles. The molecule has 150 valence electrons. The number of hydrogen-bond acceptors (Lipinski definition) is 1. The molecule has 4 saturated carbocycles. The normalized spacial score (nSPS) is 38.3. The first-order chi connectivity index (χ1) is 12.3. The van der Waals surface area contributed by atoms with Crippen molar-refractivity contribution in [1.82, 2.24) is 0 Å². The van der Waals surface area contributed by atoms with E-state index in [2.05, 4.69) is 81.8 Å². The fourth-order valence-electron chi connectivity index (χ4n) is 6.99. The van der Waals surface area contributed by atoms with Gasteiger partial charge in [0.1, 0.15) is 5.75 Å². The molecule has 1 aromatic carbocycles. The van der Waals surface area contributed by atoms with Crippen LogP contribution in [0.15, 0.2) is 22.7 Å². The average Bonchev–Trinajstić information content (AvgIpc) is 2.45. The van der Waals surface area contributed by atoms with Gasteiger partial charge in [-0.25, -0.2) is 0 Å². The standard InChI is InChI=1S/C24H37BrOSi/c1-22(2,3)27(6,7)26-20-9-8-18(25)11-19(20)21-17-10-16-12-23(4,14-17)15-24(21,5)13-16/h8-9,11,16-17,21H,10,12-15H2,1-7H3. The van der Waals surface area contributed by atoms with Crippen molar-refractivity contribution in [1.29, 1.82) is 0 Å². The van der Waals surface area contributed by atoms with Gasteiger partial charge in [0.25, 0.3) is 0 Å². The monoisotopic (exact) mass is 448 g/mol. The van der Waals surface area contributed by atoms with E-state index in [0.29, 0.717) is 16.7 Å². The molecule has 0 aromatic heterocycles. The summed E-state index contributed by atoms with van der Waals surface area (Å²) in [6.45, 7) is 16.9. The lowest BCUT2D eigenvalue weighted by Crippen LogP contribution is -2.54. The average molecular weight is 450 g/mol. The van der Waals surface area contributed by atoms with Gasteiger partial charge >= 0.3 is 0 Å². The van der Waals surface area contributed by atoms with Crippen molar-refractivity contribution in [2.75, 3.05) is 0 Å². The summed E-state index contributed by atoms with van der Waals surface area (Å²) < 4.78 is 8.10. The van der Waals surface area contributed by atoms with Crippen LogP contribution in [-0.4, -0.2) is 8.32 Å². The smallest absolute Gasteiger partial charge is 0.250 e. The second-order valence-electron chi connectivity index (χ2n) is 12.1. The number of halogens is 1. The molecule has 27 heavy (non-hydrogen) atoms. The predicted octanol–water partition coefficient (Wildman–Crippen LogP) is 8.15. The van der Waals surface area contributed by atoms with Crippen molar-refractivity contribution in [3.63, 3.8) is 0 Å². The summed E-state index contributed by atoms with van der Waals surface area (Å²) in [6, 6.07) is 6.81. The van der Waals surface area contributed by atoms with Crippen molar-refractivity contribution in [2.24, 2.45) is 22.7 Å². The van der Waals surface area contributed by atoms with E-state index in [9.17, 15) is 0 Å². The Morgan fingerprint density at radius 1 is 1.11 bits per heavy atom. The molecule has 5 unspecified atom stereocenters. The lowest BCUT2D eigenvalue weighted by atomic mass is 9.40. The van der Waals surface area contributed by atoms with Gasteiger partial charge in [-0.2, -0.15) is 0 Å². The van der Waals surface area contributed by atoms with Crippen LogP contribution in [0.1, 0.15) is 78.2 Å². The molecule has 0 heterocycles. The Labute approximate surface area is 175 Å². The molecule has 0 spiro atoms. The van der Waals surface area contributed by atoms with Crippen molar-refractivity contribution in [2.45, 2.75) is 90.8 Å². The molecule has 0 radical (unpaired) electrons. The van der Waals surface area contributed by atoms with Crippen LogP contribution in [-0.2, 0) is 0 Å². The quantitative estimate of drug-likeness (QED) is 0.423. The first-order valence-corrected chi connectivity index (χ1v) is 14.5. The highest BCUT2D eigenvalue weighted by Crippen LogP contribution is 2.70. The fraction of sp³-hybridized carbons (Fsp3) is 0.750. The van der Waals surface area contributed by atoms with Gasteiger partial charge in [0, 0.05) is 4.47 Å². The first kappa shape index (κ1) is 20.0. The van der Waals surface area contributed by atoms with Crippen LogP contribution in [0.3, 0.4) is 0 Å². The predicted molar refractivity (Wildman–Crippen MR) is 121 cm³/mol. The molecule has 0 N–H and O–H groups in total. The summed E-state index contributed by atoms with van der Waals surface area (Å²) in [5.74, 6) is 3.62. The van der Waals surface area contributed by atoms with Gasteiger partial charge in [0.15, 0.2) is 0 Å². The van der Waals surface area contributed by atoms with Crippen LogP contribution in [0, 0.1) is 22.7 Å². The summed E-state index contributed by atoms with van der Waals surface area (Å²) in [5.41, 5.74) is 2.51. The summed E-state index contributed by atoms with van der Waals surface area (Å²) in [6.07, 6.45) is 7.12. The molecule has 5 rings (SSSR count). The van der Waals surface area contributed by atoms with Crippen molar-refractivity contribution in [3.05, 3.63) is 28.2 Å². The highest BCUT2D eigenvalue weighted by molar-refractivity contribution is 9.10. The second-order valence-corrected chi connectivity index (χ2v) is 17.8. The molecule has 4 aliphatic rings. The van der Waals surface area contributed by atoms with Gasteiger partial charge in [0.2, 0.25) is 8.32 Å². The number of benzene rings is 1. The summed E-state index contributed by atoms with van der Waals surface area (Å²) >= 11 is 3.77. The zero-order valence-electron chi connectivity index (χ0n) is 18.3. The lowest BCUT2D eigenvalue weighted by Gasteiger charge is -2.64. The summed E-state index contributed by atoms with van der Waals surface area (Å²) in [7, 11) is -1.85. The third-order valence-electron chi connectivity index (χ3n) is 8.46. The van der Waals surface area contributed by atoms with E-state index in [1.165, 1.54) is 47.9 Å². The third kappa shape index (κ3) is 3.35. The zero-order valence-corrected chi connectivity index (χ0v) is 20.9. The minimum atomic E-state index is -1.85. The summed E-state index contributed by atoms with van der Waals surface area (Å²) in [4.78, 5) is 0. The van der Waals surface area contributed by atoms with Gasteiger partial charge in [-0.15, -0.1) is 0 Å². The lowest BCUT2D eigenvalue weighted by molar-refractivity contribution is -0.111. The van der Waals surface area contributed by atoms with E-state index < -0.39 is 8.32 Å². The zero-order chi connectivity index (χ0) is 19.8. The molecular weight excluding hydrogens is 412 g/mol. The molecular formula is C24H37BrOSi. The van der Waals surface area contributed by atoms with E-state index in [4.69, 9.17) is 4.43 Å². The van der Waals surface area contributed by atoms with Crippen LogP contribution in [0.5, 0.6) is 5.75 Å². The molecule has 1 aromatic rings. The SMILES string of the molecule is CC12CC3CC(C1)C(c1cc(Br)ccc1O[Si](C)(C)C(C)(C)C)C(C)(C3)C2. The highest BCUT2D eigenvalue weighted by Gasteiger charge is 2.59. The van der Waals surface area contributed by atoms with Gasteiger partial charge in [-0.1, -0.05) is 50.5 Å². The van der Waals surface area contributed by atoms with E-state index in [0.717, 1.165) is 11.8 Å². The topological polar surface area (TPSA) is 9.23 Å². The first-order valence-electron chi connectivity index (χ1n) is 10.8. The van der Waals surface area contributed by atoms with Crippen LogP contribution >= 0.6 is 15.9 Å². The Balaban J connectivity index is 1.75. The number of rotatable bonds is 3. The maximum atomic E-state index is 6.90. The Bertz CT molecular complexity index is 751. The molecule has 3 heteroatoms. The minimum Gasteiger partial charge on any atom is -0.543 e. The van der Waals surface area contributed by atoms with E-state index in [-0.39, 0.29) is 5.04 Å². The van der Waals surface area contributed by atoms with Crippen LogP contribution in [0.2, 0.25) is 18.1 Å². The van der Waals surface area contributed by atoms with Crippen molar-refractivity contribution < 1.29 is 4.43 Å². The Morgan fingerprint density at radius 3 is 2.41 bits per heavy atom. The molecule has 4 bridgehead atoms. The van der Waals surface area contributed by atoms with Crippen LogP contribution in [0.4, 0.5) is 0 Å². The molecule has 0 saturated heterocycles. The van der Waals surface area contributed by atoms with Crippen molar-refractivity contribution >= 4 is 24.2 Å². The molecule has 4 aliphatic carbocycles. The highest BCUT2D eigenvalue weighted by atomic mass is 79.9. The largest absolute Gasteiger partial charge is 0.543 e. The Kier molecular flexibility index (Phi) is 4.53. The van der Waals surface area contributed by atoms with E-state index in [1.807, 2.05) is 0 Å². The van der Waals surface area contributed by atoms with Crippen molar-refractivity contribution in [3.8, 4) is 5.75 Å². The fourth-order valence-corrected chi connectivity index (χ4v) is 8.41. The minimum absolute atomic E-state index is 0.221. The second kappa shape index (κ2) is 6.11. The van der Waals surface area contributed by atoms with Gasteiger partial charge in [-0.05, 0) is 103 Å². The maximum absolute atomic E-state index is 6.90. The molecule has 1 nitrogen and oxygen atoms in total. The Hall–Kier alpha value is -0.283. The van der Waals surface area contributed by atoms with E-state index in [1.54, 1.807) is 0 Å². The molecule has 0 amide bonds. The summed E-state index contributed by atoms with van der Waals surface area (Å²) in [5, 5.41) is 0.221. The van der Waals surface area contributed by atoms with Crippen LogP contribution in [0.25, 0.3) is 0 Å². The van der Waals surface area contributed by atoms with Gasteiger partial charge < -0.3 is 4.43 Å². The Morgan fingerprint density at radius 2 is 1.81 bits per heavy atom. The third-order valence-corrected chi connectivity index (χ3v) is 13.3. The van der Waals surface area contributed by atoms with E-state index >= 15 is 0 Å². The molecule has 5 atom stereocenters. The van der Waals surface area contributed by atoms with Gasteiger partial charge in [-0.3, -0.25) is 0 Å². The maximum Gasteiger partial charge on any atom is 0.250 e. The number of hydrogen-bond donors (Lipinski definition) is 0. The van der Waals surface area contributed by atoms with Crippen LogP contribution < -0.4 is 4.43 Å². The molecule has 4 fully saturated rings. The van der Waals surface area contributed by atoms with Gasteiger partial charge in [0.05, 0.1) is 0 Å².